The number of aryl methyl sites for hydroxylation is 1. The van der Waals surface area contributed by atoms with Crippen LogP contribution in [0.15, 0.2) is 53.1 Å². The number of nitrogen functional groups attached to an aromatic ring is 1. The van der Waals surface area contributed by atoms with E-state index in [1.165, 1.54) is 11.8 Å². The first kappa shape index (κ1) is 21.9. The van der Waals surface area contributed by atoms with Crippen molar-refractivity contribution < 1.29 is 9.63 Å². The number of pyridine rings is 1. The highest BCUT2D eigenvalue weighted by molar-refractivity contribution is 5.59. The van der Waals surface area contributed by atoms with E-state index in [4.69, 9.17) is 15.2 Å². The van der Waals surface area contributed by atoms with Gasteiger partial charge in [-0.3, -0.25) is 9.67 Å². The molecule has 1 aliphatic carbocycles. The fourth-order valence-corrected chi connectivity index (χ4v) is 4.00. The molecule has 10 heteroatoms. The normalized spacial score (nSPS) is 15.1. The molecule has 5 rings (SSSR count). The van der Waals surface area contributed by atoms with Gasteiger partial charge in [0, 0.05) is 12.4 Å². The fraction of sp³-hybridized carbons (Fsp3) is 0.333. The van der Waals surface area contributed by atoms with Gasteiger partial charge >= 0.3 is 0 Å². The second kappa shape index (κ2) is 7.84. The number of nitrogens with two attached hydrogens (primary N) is 1. The average Bonchev–Trinajstić information content (AvgIpc) is 3.34. The van der Waals surface area contributed by atoms with Crippen molar-refractivity contribution in [3.05, 3.63) is 65.7 Å². The van der Waals surface area contributed by atoms with Gasteiger partial charge in [-0.2, -0.15) is 10.1 Å². The second-order valence-corrected chi connectivity index (χ2v) is 9.38. The van der Waals surface area contributed by atoms with Crippen LogP contribution in [0, 0.1) is 6.92 Å². The van der Waals surface area contributed by atoms with Crippen LogP contribution in [0.3, 0.4) is 0 Å². The average molecular weight is 459 g/mol. The molecule has 3 N–H and O–H groups in total. The number of rotatable bonds is 7. The van der Waals surface area contributed by atoms with Gasteiger partial charge in [0.05, 0.1) is 46.9 Å². The molecule has 174 valence electrons. The van der Waals surface area contributed by atoms with Crippen molar-refractivity contribution in [1.82, 2.24) is 34.9 Å². The smallest absolute Gasteiger partial charge is 0.261 e. The number of anilines is 1. The van der Waals surface area contributed by atoms with E-state index in [0.29, 0.717) is 41.0 Å². The quantitative estimate of drug-likeness (QED) is 0.399. The Labute approximate surface area is 196 Å². The molecule has 0 saturated heterocycles. The van der Waals surface area contributed by atoms with Crippen LogP contribution in [0.4, 0.5) is 5.82 Å². The van der Waals surface area contributed by atoms with Gasteiger partial charge in [-0.1, -0.05) is 22.9 Å². The summed E-state index contributed by atoms with van der Waals surface area (Å²) in [4.78, 5) is 18.0. The fourth-order valence-electron chi connectivity index (χ4n) is 4.00. The minimum atomic E-state index is -0.879. The Morgan fingerprint density at radius 1 is 1.12 bits per heavy atom. The molecule has 0 spiro atoms. The van der Waals surface area contributed by atoms with Gasteiger partial charge in [0.25, 0.3) is 5.89 Å². The zero-order valence-electron chi connectivity index (χ0n) is 19.5. The van der Waals surface area contributed by atoms with Crippen LogP contribution >= 0.6 is 0 Å². The van der Waals surface area contributed by atoms with E-state index in [-0.39, 0.29) is 0 Å². The van der Waals surface area contributed by atoms with Crippen LogP contribution in [0.2, 0.25) is 0 Å². The van der Waals surface area contributed by atoms with Gasteiger partial charge in [0.2, 0.25) is 0 Å². The Kier molecular flexibility index (Phi) is 5.05. The summed E-state index contributed by atoms with van der Waals surface area (Å²) in [5.41, 5.74) is 9.26. The maximum absolute atomic E-state index is 10.0. The zero-order valence-corrected chi connectivity index (χ0v) is 19.5. The van der Waals surface area contributed by atoms with Gasteiger partial charge in [-0.25, -0.2) is 9.97 Å². The lowest BCUT2D eigenvalue weighted by Gasteiger charge is -2.24. The maximum Gasteiger partial charge on any atom is 0.261 e. The molecule has 4 heterocycles. The summed E-state index contributed by atoms with van der Waals surface area (Å²) in [7, 11) is 0. The molecule has 0 aromatic carbocycles. The van der Waals surface area contributed by atoms with E-state index < -0.39 is 11.0 Å². The maximum atomic E-state index is 10.0. The summed E-state index contributed by atoms with van der Waals surface area (Å²) in [5.74, 6) is 1.31. The van der Waals surface area contributed by atoms with Crippen LogP contribution in [0.25, 0.3) is 22.8 Å². The number of allylic oxidation sites excluding steroid dienone is 2. The minimum Gasteiger partial charge on any atom is -0.389 e. The summed E-state index contributed by atoms with van der Waals surface area (Å²) < 4.78 is 7.26. The highest BCUT2D eigenvalue weighted by Gasteiger charge is 2.41. The molecule has 10 nitrogen and oxygen atoms in total. The predicted molar refractivity (Wildman–Crippen MR) is 125 cm³/mol. The molecule has 0 amide bonds. The monoisotopic (exact) mass is 458 g/mol. The van der Waals surface area contributed by atoms with E-state index in [0.717, 1.165) is 17.7 Å². The zero-order chi connectivity index (χ0) is 24.1. The number of hydrogen-bond donors (Lipinski definition) is 2. The third-order valence-corrected chi connectivity index (χ3v) is 5.90. The first-order valence-electron chi connectivity index (χ1n) is 11.0. The Balaban J connectivity index is 1.45. The summed E-state index contributed by atoms with van der Waals surface area (Å²) in [6.45, 7) is 7.75. The van der Waals surface area contributed by atoms with Crippen molar-refractivity contribution in [2.45, 2.75) is 51.7 Å². The van der Waals surface area contributed by atoms with Crippen LogP contribution in [-0.4, -0.2) is 45.6 Å². The number of aliphatic hydroxyl groups is 1. The van der Waals surface area contributed by atoms with Crippen LogP contribution in [0.5, 0.6) is 0 Å². The van der Waals surface area contributed by atoms with Gasteiger partial charge in [-0.15, -0.1) is 0 Å². The molecule has 0 saturated carbocycles. The van der Waals surface area contributed by atoms with E-state index in [1.807, 2.05) is 25.3 Å². The summed E-state index contributed by atoms with van der Waals surface area (Å²) in [6.07, 6.45) is 9.83. The van der Waals surface area contributed by atoms with Crippen molar-refractivity contribution in [2.75, 3.05) is 5.73 Å². The summed E-state index contributed by atoms with van der Waals surface area (Å²) >= 11 is 0. The molecular formula is C24H26N8O2. The minimum absolute atomic E-state index is 0.356. The number of nitrogens with zero attached hydrogens (tertiary/aromatic N) is 7. The second-order valence-electron chi connectivity index (χ2n) is 9.38. The highest BCUT2D eigenvalue weighted by atomic mass is 16.5. The summed E-state index contributed by atoms with van der Waals surface area (Å²) in [5, 5.41) is 18.6. The summed E-state index contributed by atoms with van der Waals surface area (Å²) in [6, 6.07) is 3.93. The van der Waals surface area contributed by atoms with Crippen LogP contribution in [0.1, 0.15) is 44.3 Å². The van der Waals surface area contributed by atoms with Crippen LogP contribution in [-0.2, 0) is 12.0 Å². The molecular weight excluding hydrogens is 432 g/mol. The van der Waals surface area contributed by atoms with Gasteiger partial charge in [0.15, 0.2) is 5.82 Å². The van der Waals surface area contributed by atoms with Crippen molar-refractivity contribution in [1.29, 1.82) is 0 Å². The topological polar surface area (TPSA) is 142 Å². The lowest BCUT2D eigenvalue weighted by atomic mass is 9.79. The van der Waals surface area contributed by atoms with Gasteiger partial charge in [-0.05, 0) is 45.7 Å². The third kappa shape index (κ3) is 4.08. The van der Waals surface area contributed by atoms with Crippen LogP contribution < -0.4 is 5.73 Å². The standard InChI is InChI=1S/C24H26N8O2/c1-14-20(27-11-19(25)29-14)18-8-7-17(10-26-18)24(4,16-5-6-16)22-30-21(34-31-22)15-9-28-32(12-15)13-23(2,3)33/h5,7-12,33H,6,13H2,1-4H3,(H2,25,29)/t24-/m1/s1. The van der Waals surface area contributed by atoms with E-state index in [9.17, 15) is 5.11 Å². The van der Waals surface area contributed by atoms with Gasteiger partial charge in [0.1, 0.15) is 11.5 Å². The Hall–Kier alpha value is -3.92. The molecule has 0 aliphatic heterocycles. The molecule has 4 aromatic rings. The first-order chi connectivity index (χ1) is 16.1. The molecule has 34 heavy (non-hydrogen) atoms. The van der Waals surface area contributed by atoms with E-state index >= 15 is 0 Å². The van der Waals surface area contributed by atoms with Crippen molar-refractivity contribution >= 4 is 5.82 Å². The SMILES string of the molecule is Cc1nc(N)cnc1-c1ccc([C@@](C)(C2=CC2)c2noc(-c3cnn(CC(C)(C)O)c3)n2)cn1. The molecule has 0 unspecified atom stereocenters. The molecule has 0 bridgehead atoms. The van der Waals surface area contributed by atoms with Crippen molar-refractivity contribution in [2.24, 2.45) is 0 Å². The number of hydrogen-bond acceptors (Lipinski definition) is 9. The van der Waals surface area contributed by atoms with E-state index in [1.54, 1.807) is 30.9 Å². The van der Waals surface area contributed by atoms with Crippen molar-refractivity contribution in [3.8, 4) is 22.8 Å². The molecule has 4 aromatic heterocycles. The lowest BCUT2D eigenvalue weighted by Crippen LogP contribution is -2.26. The number of aromatic nitrogens is 7. The Bertz CT molecular complexity index is 1380. The predicted octanol–water partition coefficient (Wildman–Crippen LogP) is 3.08. The Morgan fingerprint density at radius 3 is 2.56 bits per heavy atom. The molecule has 0 radical (unpaired) electrons. The Morgan fingerprint density at radius 2 is 1.91 bits per heavy atom. The van der Waals surface area contributed by atoms with Gasteiger partial charge < -0.3 is 15.4 Å². The molecule has 0 fully saturated rings. The van der Waals surface area contributed by atoms with Crippen molar-refractivity contribution in [3.63, 3.8) is 0 Å². The largest absolute Gasteiger partial charge is 0.389 e. The first-order valence-corrected chi connectivity index (χ1v) is 11.0. The lowest BCUT2D eigenvalue weighted by molar-refractivity contribution is 0.0577. The molecule has 1 atom stereocenters. The third-order valence-electron chi connectivity index (χ3n) is 5.90. The molecule has 1 aliphatic rings. The van der Waals surface area contributed by atoms with E-state index in [2.05, 4.69) is 38.2 Å². The highest BCUT2D eigenvalue weighted by Crippen LogP contribution is 2.45.